The van der Waals surface area contributed by atoms with Gasteiger partial charge in [0.15, 0.2) is 12.3 Å². The van der Waals surface area contributed by atoms with Crippen LogP contribution in [0.1, 0.15) is 36.7 Å². The molecule has 0 radical (unpaired) electrons. The highest BCUT2D eigenvalue weighted by atomic mass is 19.1. The molecule has 156 valence electrons. The number of aryl methyl sites for hydroxylation is 1. The number of ether oxygens (including phenoxy) is 1. The number of carbonyl (C=O) groups excluding carboxylic acids is 2. The van der Waals surface area contributed by atoms with Crippen LogP contribution in [-0.4, -0.2) is 28.3 Å². The van der Waals surface area contributed by atoms with Crippen molar-refractivity contribution in [2.24, 2.45) is 0 Å². The molecule has 0 fully saturated rings. The first-order valence-corrected chi connectivity index (χ1v) is 9.72. The molecule has 1 aromatic heterocycles. The van der Waals surface area contributed by atoms with Crippen LogP contribution in [0, 0.1) is 5.82 Å². The highest BCUT2D eigenvalue weighted by molar-refractivity contribution is 6.03. The molecular weight excluding hydrogens is 389 g/mol. The zero-order valence-electron chi connectivity index (χ0n) is 16.6. The number of hydrogen-bond acceptors (Lipinski definition) is 5. The summed E-state index contributed by atoms with van der Waals surface area (Å²) in [6, 6.07) is 11.9. The lowest BCUT2D eigenvalue weighted by Crippen LogP contribution is -2.28. The minimum Gasteiger partial charge on any atom is -0.451 e. The van der Waals surface area contributed by atoms with Crippen molar-refractivity contribution >= 4 is 28.3 Å². The fourth-order valence-corrected chi connectivity index (χ4v) is 2.98. The smallest absolute Gasteiger partial charge is 0.359 e. The van der Waals surface area contributed by atoms with E-state index in [0.717, 1.165) is 19.3 Å². The van der Waals surface area contributed by atoms with E-state index >= 15 is 0 Å². The van der Waals surface area contributed by atoms with Gasteiger partial charge in [0.2, 0.25) is 0 Å². The third kappa shape index (κ3) is 5.08. The van der Waals surface area contributed by atoms with Gasteiger partial charge in [-0.3, -0.25) is 9.59 Å². The monoisotopic (exact) mass is 411 g/mol. The van der Waals surface area contributed by atoms with Crippen molar-refractivity contribution in [1.82, 2.24) is 9.78 Å². The Hall–Kier alpha value is -3.55. The van der Waals surface area contributed by atoms with Gasteiger partial charge in [0, 0.05) is 17.6 Å². The number of esters is 1. The maximum absolute atomic E-state index is 12.9. The van der Waals surface area contributed by atoms with Crippen molar-refractivity contribution in [1.29, 1.82) is 0 Å². The fourth-order valence-electron chi connectivity index (χ4n) is 2.98. The first kappa shape index (κ1) is 21.2. The third-order valence-corrected chi connectivity index (χ3v) is 4.50. The number of unbranched alkanes of at least 4 members (excludes halogenated alkanes) is 2. The molecule has 8 heteroatoms. The van der Waals surface area contributed by atoms with Gasteiger partial charge in [-0.2, -0.15) is 5.10 Å². The Morgan fingerprint density at radius 1 is 1.07 bits per heavy atom. The zero-order valence-corrected chi connectivity index (χ0v) is 16.6. The summed E-state index contributed by atoms with van der Waals surface area (Å²) < 4.78 is 19.3. The van der Waals surface area contributed by atoms with Crippen molar-refractivity contribution < 1.29 is 18.7 Å². The first-order chi connectivity index (χ1) is 14.5. The number of anilines is 1. The molecule has 0 saturated heterocycles. The van der Waals surface area contributed by atoms with Gasteiger partial charge in [0.25, 0.3) is 11.5 Å². The van der Waals surface area contributed by atoms with Gasteiger partial charge in [-0.25, -0.2) is 13.9 Å². The van der Waals surface area contributed by atoms with E-state index in [9.17, 15) is 18.8 Å². The second-order valence-electron chi connectivity index (χ2n) is 6.76. The Balaban J connectivity index is 1.76. The average Bonchev–Trinajstić information content (AvgIpc) is 2.75. The number of hydrogen-bond donors (Lipinski definition) is 1. The fraction of sp³-hybridized carbons (Fsp3) is 0.273. The van der Waals surface area contributed by atoms with E-state index in [0.29, 0.717) is 23.0 Å². The Morgan fingerprint density at radius 3 is 2.47 bits per heavy atom. The van der Waals surface area contributed by atoms with Crippen LogP contribution in [0.15, 0.2) is 53.3 Å². The number of benzene rings is 2. The number of halogens is 1. The highest BCUT2D eigenvalue weighted by Gasteiger charge is 2.19. The number of nitrogens with one attached hydrogen (secondary N) is 1. The predicted octanol–water partition coefficient (Wildman–Crippen LogP) is 3.52. The quantitative estimate of drug-likeness (QED) is 0.452. The number of rotatable bonds is 8. The molecular formula is C22H22FN3O4. The van der Waals surface area contributed by atoms with Crippen LogP contribution in [0.25, 0.3) is 10.8 Å². The van der Waals surface area contributed by atoms with E-state index in [-0.39, 0.29) is 11.3 Å². The highest BCUT2D eigenvalue weighted by Crippen LogP contribution is 2.15. The van der Waals surface area contributed by atoms with Gasteiger partial charge in [-0.1, -0.05) is 38.0 Å². The van der Waals surface area contributed by atoms with E-state index < -0.39 is 24.3 Å². The van der Waals surface area contributed by atoms with Crippen molar-refractivity contribution in [2.75, 3.05) is 11.9 Å². The van der Waals surface area contributed by atoms with Gasteiger partial charge in [-0.15, -0.1) is 0 Å². The summed E-state index contributed by atoms with van der Waals surface area (Å²) in [4.78, 5) is 37.3. The maximum atomic E-state index is 12.9. The lowest BCUT2D eigenvalue weighted by atomic mass is 10.1. The van der Waals surface area contributed by atoms with Gasteiger partial charge in [0.1, 0.15) is 5.82 Å². The van der Waals surface area contributed by atoms with Crippen molar-refractivity contribution in [3.8, 4) is 0 Å². The SMILES string of the molecule is CCCCCn1nc(C(=O)OCC(=O)Nc2ccc(F)cc2)c2ccccc2c1=O. The van der Waals surface area contributed by atoms with Crippen molar-refractivity contribution in [3.63, 3.8) is 0 Å². The lowest BCUT2D eigenvalue weighted by Gasteiger charge is -2.11. The molecule has 1 heterocycles. The normalized spacial score (nSPS) is 10.7. The summed E-state index contributed by atoms with van der Waals surface area (Å²) in [6.45, 7) is 1.90. The van der Waals surface area contributed by atoms with Crippen LogP contribution >= 0.6 is 0 Å². The molecule has 0 atom stereocenters. The van der Waals surface area contributed by atoms with Crippen LogP contribution in [0.2, 0.25) is 0 Å². The molecule has 30 heavy (non-hydrogen) atoms. The molecule has 3 aromatic rings. The minimum absolute atomic E-state index is 0.0173. The third-order valence-electron chi connectivity index (χ3n) is 4.50. The number of fused-ring (bicyclic) bond motifs is 1. The number of aromatic nitrogens is 2. The summed E-state index contributed by atoms with van der Waals surface area (Å²) >= 11 is 0. The number of amides is 1. The van der Waals surface area contributed by atoms with Crippen molar-refractivity contribution in [3.05, 3.63) is 70.4 Å². The van der Waals surface area contributed by atoms with E-state index in [1.807, 2.05) is 0 Å². The molecule has 0 aliphatic heterocycles. The van der Waals surface area contributed by atoms with E-state index in [1.54, 1.807) is 24.3 Å². The molecule has 7 nitrogen and oxygen atoms in total. The molecule has 1 amide bonds. The van der Waals surface area contributed by atoms with Crippen molar-refractivity contribution in [2.45, 2.75) is 32.7 Å². The molecule has 0 saturated carbocycles. The summed E-state index contributed by atoms with van der Waals surface area (Å²) in [6.07, 6.45) is 2.68. The topological polar surface area (TPSA) is 90.3 Å². The number of nitrogens with zero attached hydrogens (tertiary/aromatic N) is 2. The number of carbonyl (C=O) groups is 2. The summed E-state index contributed by atoms with van der Waals surface area (Å²) in [5, 5.41) is 7.45. The molecule has 0 spiro atoms. The van der Waals surface area contributed by atoms with E-state index in [1.165, 1.54) is 28.9 Å². The lowest BCUT2D eigenvalue weighted by molar-refractivity contribution is -0.119. The minimum atomic E-state index is -0.801. The molecule has 0 aliphatic carbocycles. The van der Waals surface area contributed by atoms with E-state index in [4.69, 9.17) is 4.74 Å². The summed E-state index contributed by atoms with van der Waals surface area (Å²) in [5.74, 6) is -1.80. The first-order valence-electron chi connectivity index (χ1n) is 9.72. The molecule has 0 bridgehead atoms. The maximum Gasteiger partial charge on any atom is 0.359 e. The van der Waals surface area contributed by atoms with Gasteiger partial charge in [0.05, 0.1) is 5.39 Å². The Labute approximate surface area is 172 Å². The molecule has 3 rings (SSSR count). The van der Waals surface area contributed by atoms with Crippen LogP contribution in [0.5, 0.6) is 0 Å². The van der Waals surface area contributed by atoms with Crippen LogP contribution in [0.4, 0.5) is 10.1 Å². The van der Waals surface area contributed by atoms with Gasteiger partial charge >= 0.3 is 5.97 Å². The van der Waals surface area contributed by atoms with Gasteiger partial charge in [-0.05, 0) is 36.8 Å². The summed E-state index contributed by atoms with van der Waals surface area (Å²) in [7, 11) is 0. The zero-order chi connectivity index (χ0) is 21.5. The van der Waals surface area contributed by atoms with Gasteiger partial charge < -0.3 is 10.1 Å². The van der Waals surface area contributed by atoms with E-state index in [2.05, 4.69) is 17.3 Å². The predicted molar refractivity (Wildman–Crippen MR) is 111 cm³/mol. The second-order valence-corrected chi connectivity index (χ2v) is 6.76. The molecule has 0 aliphatic rings. The Kier molecular flexibility index (Phi) is 6.90. The van der Waals surface area contributed by atoms with Crippen LogP contribution < -0.4 is 10.9 Å². The second kappa shape index (κ2) is 9.78. The largest absolute Gasteiger partial charge is 0.451 e. The standard InChI is InChI=1S/C22H22FN3O4/c1-2-3-6-13-26-21(28)18-8-5-4-7-17(18)20(25-26)22(29)30-14-19(27)24-16-11-9-15(23)10-12-16/h4-5,7-12H,2-3,6,13-14H2,1H3,(H,24,27). The molecule has 0 unspecified atom stereocenters. The molecule has 1 N–H and O–H groups in total. The average molecular weight is 411 g/mol. The van der Waals surface area contributed by atoms with Crippen LogP contribution in [-0.2, 0) is 16.1 Å². The Morgan fingerprint density at radius 2 is 1.77 bits per heavy atom. The van der Waals surface area contributed by atoms with Crippen LogP contribution in [0.3, 0.4) is 0 Å². The summed E-state index contributed by atoms with van der Waals surface area (Å²) in [5.41, 5.74) is 0.0917. The Bertz CT molecular complexity index is 1110. The molecule has 2 aromatic carbocycles.